The maximum Gasteiger partial charge on any atom is 0.312 e. The lowest BCUT2D eigenvalue weighted by Gasteiger charge is -2.30. The van der Waals surface area contributed by atoms with E-state index in [0.29, 0.717) is 5.25 Å². The van der Waals surface area contributed by atoms with Crippen LogP contribution in [-0.4, -0.2) is 38.9 Å². The van der Waals surface area contributed by atoms with Crippen LogP contribution in [0.15, 0.2) is 0 Å². The minimum Gasteiger partial charge on any atom is -0.352 e. The Labute approximate surface area is 92.0 Å². The number of rotatable bonds is 3. The molecular formula is C9H17N3O2S. The molecule has 2 rings (SSSR count). The van der Waals surface area contributed by atoms with Gasteiger partial charge in [-0.3, -0.25) is 0 Å². The molecule has 2 amide bonds. The van der Waals surface area contributed by atoms with E-state index >= 15 is 0 Å². The molecule has 1 saturated heterocycles. The van der Waals surface area contributed by atoms with Crippen LogP contribution in [0.2, 0.25) is 0 Å². The summed E-state index contributed by atoms with van der Waals surface area (Å²) in [7, 11) is -0.785. The van der Waals surface area contributed by atoms with Gasteiger partial charge in [0, 0.05) is 24.4 Å². The van der Waals surface area contributed by atoms with Gasteiger partial charge in [0.2, 0.25) is 0 Å². The van der Waals surface area contributed by atoms with Crippen LogP contribution < -0.4 is 11.1 Å². The maximum absolute atomic E-state index is 11.8. The molecule has 2 fully saturated rings. The summed E-state index contributed by atoms with van der Waals surface area (Å²) in [4.78, 5) is 10.6. The van der Waals surface area contributed by atoms with Gasteiger partial charge < -0.3 is 11.1 Å². The number of primary amides is 1. The minimum absolute atomic E-state index is 0.162. The van der Waals surface area contributed by atoms with Gasteiger partial charge >= 0.3 is 6.03 Å². The summed E-state index contributed by atoms with van der Waals surface area (Å²) in [5, 5.41) is 3.11. The number of urea groups is 1. The fourth-order valence-electron chi connectivity index (χ4n) is 1.86. The summed E-state index contributed by atoms with van der Waals surface area (Å²) in [5.41, 5.74) is 5.05. The second kappa shape index (κ2) is 4.49. The lowest BCUT2D eigenvalue weighted by atomic mass is 10.1. The standard InChI is InChI=1S/C9H17N3O2S/c10-9(13)11-7-3-5-12(6-4-7)15(14)8-1-2-8/h7-8H,1-6H2,(H3,10,11,13). The normalized spacial score (nSPS) is 26.1. The molecule has 2 aliphatic rings. The molecule has 1 heterocycles. The van der Waals surface area contributed by atoms with Crippen LogP contribution in [0, 0.1) is 0 Å². The van der Waals surface area contributed by atoms with Crippen molar-refractivity contribution in [3.05, 3.63) is 0 Å². The average molecular weight is 231 g/mol. The van der Waals surface area contributed by atoms with Crippen molar-refractivity contribution in [2.45, 2.75) is 37.0 Å². The summed E-state index contributed by atoms with van der Waals surface area (Å²) in [6.07, 6.45) is 3.90. The first-order valence-electron chi connectivity index (χ1n) is 5.38. The number of amides is 2. The van der Waals surface area contributed by atoms with Crippen LogP contribution in [0.3, 0.4) is 0 Å². The van der Waals surface area contributed by atoms with E-state index in [0.717, 1.165) is 38.8 Å². The SMILES string of the molecule is NC(=O)NC1CCN(S(=O)C2CC2)CC1. The summed E-state index contributed by atoms with van der Waals surface area (Å²) in [5.74, 6) is 0. The van der Waals surface area contributed by atoms with Crippen LogP contribution >= 0.6 is 0 Å². The molecule has 15 heavy (non-hydrogen) atoms. The molecule has 0 spiro atoms. The fraction of sp³-hybridized carbons (Fsp3) is 0.889. The highest BCUT2D eigenvalue weighted by atomic mass is 32.2. The highest BCUT2D eigenvalue weighted by Crippen LogP contribution is 2.29. The third-order valence-electron chi connectivity index (χ3n) is 2.86. The van der Waals surface area contributed by atoms with Gasteiger partial charge in [0.25, 0.3) is 0 Å². The summed E-state index contributed by atoms with van der Waals surface area (Å²) < 4.78 is 13.8. The van der Waals surface area contributed by atoms with E-state index in [1.807, 2.05) is 4.31 Å². The molecule has 1 saturated carbocycles. The van der Waals surface area contributed by atoms with Crippen LogP contribution in [0.1, 0.15) is 25.7 Å². The highest BCUT2D eigenvalue weighted by Gasteiger charge is 2.34. The van der Waals surface area contributed by atoms with Crippen molar-refractivity contribution in [2.75, 3.05) is 13.1 Å². The zero-order valence-corrected chi connectivity index (χ0v) is 9.46. The van der Waals surface area contributed by atoms with Gasteiger partial charge in [0.05, 0.1) is 11.0 Å². The Morgan fingerprint density at radius 1 is 1.27 bits per heavy atom. The monoisotopic (exact) mass is 231 g/mol. The van der Waals surface area contributed by atoms with Crippen LogP contribution in [0.5, 0.6) is 0 Å². The van der Waals surface area contributed by atoms with E-state index in [-0.39, 0.29) is 6.04 Å². The first-order valence-corrected chi connectivity index (χ1v) is 6.55. The second-order valence-corrected chi connectivity index (χ2v) is 5.92. The molecule has 0 aromatic heterocycles. The largest absolute Gasteiger partial charge is 0.352 e. The minimum atomic E-state index is -0.785. The number of nitrogens with zero attached hydrogens (tertiary/aromatic N) is 1. The molecule has 0 aromatic carbocycles. The fourth-order valence-corrected chi connectivity index (χ4v) is 3.39. The van der Waals surface area contributed by atoms with Gasteiger partial charge in [-0.1, -0.05) is 0 Å². The topological polar surface area (TPSA) is 75.4 Å². The van der Waals surface area contributed by atoms with Crippen LogP contribution in [0.25, 0.3) is 0 Å². The Kier molecular flexibility index (Phi) is 3.25. The molecular weight excluding hydrogens is 214 g/mol. The molecule has 1 unspecified atom stereocenters. The molecule has 0 aromatic rings. The Morgan fingerprint density at radius 3 is 2.33 bits per heavy atom. The number of hydrogen-bond donors (Lipinski definition) is 2. The number of hydrogen-bond acceptors (Lipinski definition) is 2. The first kappa shape index (κ1) is 10.9. The second-order valence-electron chi connectivity index (χ2n) is 4.19. The molecule has 5 nitrogen and oxygen atoms in total. The smallest absolute Gasteiger partial charge is 0.312 e. The highest BCUT2D eigenvalue weighted by molar-refractivity contribution is 7.83. The quantitative estimate of drug-likeness (QED) is 0.714. The van der Waals surface area contributed by atoms with E-state index in [1.54, 1.807) is 0 Å². The molecule has 1 aliphatic heterocycles. The van der Waals surface area contributed by atoms with Gasteiger partial charge in [0.15, 0.2) is 0 Å². The molecule has 1 aliphatic carbocycles. The predicted octanol–water partition coefficient (Wildman–Crippen LogP) is -0.0548. The van der Waals surface area contributed by atoms with E-state index in [4.69, 9.17) is 5.73 Å². The molecule has 0 radical (unpaired) electrons. The number of piperidine rings is 1. The number of carbonyl (C=O) groups is 1. The van der Waals surface area contributed by atoms with Crippen molar-refractivity contribution >= 4 is 17.0 Å². The molecule has 0 bridgehead atoms. The lowest BCUT2D eigenvalue weighted by Crippen LogP contribution is -2.47. The summed E-state index contributed by atoms with van der Waals surface area (Å²) in [6, 6.07) is -0.299. The lowest BCUT2D eigenvalue weighted by molar-refractivity contribution is 0.236. The number of nitrogens with two attached hydrogens (primary N) is 1. The van der Waals surface area contributed by atoms with E-state index in [9.17, 15) is 9.00 Å². The predicted molar refractivity (Wildman–Crippen MR) is 58.5 cm³/mol. The van der Waals surface area contributed by atoms with Crippen molar-refractivity contribution in [1.29, 1.82) is 0 Å². The van der Waals surface area contributed by atoms with E-state index < -0.39 is 17.0 Å². The zero-order valence-electron chi connectivity index (χ0n) is 8.65. The zero-order chi connectivity index (χ0) is 10.8. The number of nitrogens with one attached hydrogen (secondary N) is 1. The van der Waals surface area contributed by atoms with Gasteiger partial charge in [-0.2, -0.15) is 0 Å². The molecule has 6 heteroatoms. The summed E-state index contributed by atoms with van der Waals surface area (Å²) >= 11 is 0. The third-order valence-corrected chi connectivity index (χ3v) is 4.78. The van der Waals surface area contributed by atoms with Crippen molar-refractivity contribution in [3.8, 4) is 0 Å². The molecule has 1 atom stereocenters. The van der Waals surface area contributed by atoms with E-state index in [1.165, 1.54) is 0 Å². The summed E-state index contributed by atoms with van der Waals surface area (Å²) in [6.45, 7) is 1.60. The Balaban J connectivity index is 1.76. The van der Waals surface area contributed by atoms with Gasteiger partial charge in [-0.25, -0.2) is 13.3 Å². The van der Waals surface area contributed by atoms with Crippen molar-refractivity contribution in [1.82, 2.24) is 9.62 Å². The third kappa shape index (κ3) is 2.92. The Bertz CT molecular complexity index is 273. The van der Waals surface area contributed by atoms with Crippen molar-refractivity contribution < 1.29 is 9.00 Å². The van der Waals surface area contributed by atoms with Crippen LogP contribution in [-0.2, 0) is 11.0 Å². The van der Waals surface area contributed by atoms with Gasteiger partial charge in [-0.15, -0.1) is 0 Å². The van der Waals surface area contributed by atoms with E-state index in [2.05, 4.69) is 5.32 Å². The van der Waals surface area contributed by atoms with Crippen molar-refractivity contribution in [3.63, 3.8) is 0 Å². The van der Waals surface area contributed by atoms with Gasteiger partial charge in [-0.05, 0) is 25.7 Å². The Hall–Kier alpha value is -0.620. The van der Waals surface area contributed by atoms with Crippen molar-refractivity contribution in [2.24, 2.45) is 5.73 Å². The van der Waals surface area contributed by atoms with Gasteiger partial charge in [0.1, 0.15) is 0 Å². The first-order chi connectivity index (χ1) is 7.16. The Morgan fingerprint density at radius 2 is 1.87 bits per heavy atom. The molecule has 86 valence electrons. The van der Waals surface area contributed by atoms with Crippen LogP contribution in [0.4, 0.5) is 4.79 Å². The molecule has 3 N–H and O–H groups in total. The average Bonchev–Trinajstić information content (AvgIpc) is 3.00. The maximum atomic E-state index is 11.8. The number of carbonyl (C=O) groups excluding carboxylic acids is 1.